The number of fused-ring (bicyclic) bond motifs is 1. The third kappa shape index (κ3) is 5.96. The van der Waals surface area contributed by atoms with Crippen molar-refractivity contribution in [3.05, 3.63) is 41.8 Å². The van der Waals surface area contributed by atoms with Gasteiger partial charge in [-0.3, -0.25) is 4.79 Å². The molecule has 7 nitrogen and oxygen atoms in total. The number of carbonyl (C=O) groups excluding carboxylic acids is 1. The summed E-state index contributed by atoms with van der Waals surface area (Å²) in [6.07, 6.45) is -7.71. The van der Waals surface area contributed by atoms with Crippen LogP contribution in [0.2, 0.25) is 0 Å². The third-order valence-corrected chi connectivity index (χ3v) is 3.79. The molecule has 0 saturated carbocycles. The Morgan fingerprint density at radius 1 is 1.00 bits per heavy atom. The SMILES string of the molecule is O=C(NCC(F)(F)F)c1ccc(Nc2nc(NCC(F)(F)F)c3cc[nH]c3n2)cc1F. The summed E-state index contributed by atoms with van der Waals surface area (Å²) in [5.41, 5.74) is -0.411. The minimum absolute atomic E-state index is 0.0116. The van der Waals surface area contributed by atoms with Gasteiger partial charge in [0.1, 0.15) is 30.4 Å². The van der Waals surface area contributed by atoms with Crippen LogP contribution in [0.4, 0.5) is 48.2 Å². The third-order valence-electron chi connectivity index (χ3n) is 3.79. The molecule has 31 heavy (non-hydrogen) atoms. The summed E-state index contributed by atoms with van der Waals surface area (Å²) in [7, 11) is 0. The highest BCUT2D eigenvalue weighted by molar-refractivity contribution is 5.95. The number of hydrogen-bond acceptors (Lipinski definition) is 5. The van der Waals surface area contributed by atoms with Crippen LogP contribution in [0.1, 0.15) is 10.4 Å². The average molecular weight is 450 g/mol. The van der Waals surface area contributed by atoms with Crippen molar-refractivity contribution in [2.75, 3.05) is 23.7 Å². The first kappa shape index (κ1) is 22.1. The fourth-order valence-corrected chi connectivity index (χ4v) is 2.50. The molecule has 0 spiro atoms. The van der Waals surface area contributed by atoms with E-state index >= 15 is 0 Å². The van der Waals surface area contributed by atoms with Gasteiger partial charge in [0, 0.05) is 11.9 Å². The van der Waals surface area contributed by atoms with E-state index in [0.717, 1.165) is 12.1 Å². The summed E-state index contributed by atoms with van der Waals surface area (Å²) >= 11 is 0. The van der Waals surface area contributed by atoms with Gasteiger partial charge in [0.15, 0.2) is 0 Å². The number of nitrogens with one attached hydrogen (secondary N) is 4. The van der Waals surface area contributed by atoms with Crippen LogP contribution in [-0.4, -0.2) is 46.3 Å². The van der Waals surface area contributed by atoms with Crippen molar-refractivity contribution in [3.63, 3.8) is 0 Å². The van der Waals surface area contributed by atoms with Crippen molar-refractivity contribution < 1.29 is 35.5 Å². The lowest BCUT2D eigenvalue weighted by molar-refractivity contribution is -0.123. The van der Waals surface area contributed by atoms with Crippen LogP contribution in [0.3, 0.4) is 0 Å². The van der Waals surface area contributed by atoms with E-state index in [-0.39, 0.29) is 28.5 Å². The molecule has 0 unspecified atom stereocenters. The molecule has 0 aliphatic carbocycles. The molecule has 166 valence electrons. The molecule has 0 aliphatic heterocycles. The number of amides is 1. The number of H-pyrrole nitrogens is 1. The monoisotopic (exact) mass is 450 g/mol. The number of alkyl halides is 6. The summed E-state index contributed by atoms with van der Waals surface area (Å²) in [5, 5.41) is 6.55. The summed E-state index contributed by atoms with van der Waals surface area (Å²) in [5.74, 6) is -2.70. The normalized spacial score (nSPS) is 12.1. The first-order chi connectivity index (χ1) is 14.4. The largest absolute Gasteiger partial charge is 0.405 e. The smallest absolute Gasteiger partial charge is 0.360 e. The Balaban J connectivity index is 1.79. The van der Waals surface area contributed by atoms with E-state index in [2.05, 4.69) is 25.6 Å². The van der Waals surface area contributed by atoms with Gasteiger partial charge < -0.3 is 20.9 Å². The molecule has 2 aromatic heterocycles. The number of rotatable bonds is 6. The first-order valence-corrected chi connectivity index (χ1v) is 8.48. The summed E-state index contributed by atoms with van der Waals surface area (Å²) in [4.78, 5) is 22.4. The van der Waals surface area contributed by atoms with E-state index in [9.17, 15) is 35.5 Å². The number of aromatic amines is 1. The lowest BCUT2D eigenvalue weighted by Gasteiger charge is -2.12. The molecule has 0 bridgehead atoms. The second kappa shape index (κ2) is 8.28. The van der Waals surface area contributed by atoms with Crippen LogP contribution in [0, 0.1) is 5.82 Å². The van der Waals surface area contributed by atoms with E-state index in [1.807, 2.05) is 0 Å². The number of halogens is 7. The van der Waals surface area contributed by atoms with E-state index < -0.39 is 42.7 Å². The topological polar surface area (TPSA) is 94.7 Å². The van der Waals surface area contributed by atoms with Gasteiger partial charge >= 0.3 is 12.4 Å². The number of aromatic nitrogens is 3. The van der Waals surface area contributed by atoms with Crippen LogP contribution in [-0.2, 0) is 0 Å². The Labute approximate surface area is 169 Å². The molecule has 3 rings (SSSR count). The number of nitrogens with zero attached hydrogens (tertiary/aromatic N) is 2. The highest BCUT2D eigenvalue weighted by Gasteiger charge is 2.29. The Morgan fingerprint density at radius 3 is 2.35 bits per heavy atom. The zero-order valence-electron chi connectivity index (χ0n) is 15.2. The summed E-state index contributed by atoms with van der Waals surface area (Å²) < 4.78 is 88.3. The van der Waals surface area contributed by atoms with Crippen molar-refractivity contribution in [1.29, 1.82) is 0 Å². The fraction of sp³-hybridized carbons (Fsp3) is 0.235. The van der Waals surface area contributed by atoms with Crippen LogP contribution in [0.15, 0.2) is 30.5 Å². The Morgan fingerprint density at radius 2 is 1.71 bits per heavy atom. The van der Waals surface area contributed by atoms with Crippen molar-refractivity contribution in [3.8, 4) is 0 Å². The van der Waals surface area contributed by atoms with E-state index in [1.165, 1.54) is 18.3 Å². The maximum atomic E-state index is 14.2. The van der Waals surface area contributed by atoms with E-state index in [0.29, 0.717) is 0 Å². The highest BCUT2D eigenvalue weighted by Crippen LogP contribution is 2.25. The van der Waals surface area contributed by atoms with Gasteiger partial charge in [-0.2, -0.15) is 36.3 Å². The quantitative estimate of drug-likeness (QED) is 0.424. The molecule has 1 aromatic carbocycles. The second-order valence-corrected chi connectivity index (χ2v) is 6.22. The number of carbonyl (C=O) groups is 1. The predicted molar refractivity (Wildman–Crippen MR) is 96.5 cm³/mol. The molecule has 0 fully saturated rings. The van der Waals surface area contributed by atoms with E-state index in [1.54, 1.807) is 5.32 Å². The Bertz CT molecular complexity index is 1090. The maximum absolute atomic E-state index is 14.2. The fourth-order valence-electron chi connectivity index (χ4n) is 2.50. The molecule has 0 aliphatic rings. The molecule has 14 heteroatoms. The first-order valence-electron chi connectivity index (χ1n) is 8.48. The molecular formula is C17H13F7N6O. The van der Waals surface area contributed by atoms with Gasteiger partial charge in [-0.15, -0.1) is 0 Å². The minimum atomic E-state index is -4.65. The number of anilines is 3. The van der Waals surface area contributed by atoms with Crippen molar-refractivity contribution in [2.45, 2.75) is 12.4 Å². The van der Waals surface area contributed by atoms with Crippen LogP contribution >= 0.6 is 0 Å². The highest BCUT2D eigenvalue weighted by atomic mass is 19.4. The molecule has 2 heterocycles. The molecule has 0 atom stereocenters. The van der Waals surface area contributed by atoms with Crippen molar-refractivity contribution in [1.82, 2.24) is 20.3 Å². The predicted octanol–water partition coefficient (Wildman–Crippen LogP) is 4.11. The van der Waals surface area contributed by atoms with Gasteiger partial charge in [-0.1, -0.05) is 0 Å². The molecule has 4 N–H and O–H groups in total. The average Bonchev–Trinajstić information content (AvgIpc) is 3.12. The van der Waals surface area contributed by atoms with Crippen LogP contribution < -0.4 is 16.0 Å². The van der Waals surface area contributed by atoms with Crippen LogP contribution in [0.5, 0.6) is 0 Å². The minimum Gasteiger partial charge on any atom is -0.360 e. The standard InChI is InChI=1S/C17H13F7N6O/c18-11-5-8(1-2-9(11)14(31)27-7-17(22,23)24)28-15-29-12-10(3-4-25-12)13(30-15)26-6-16(19,20)21/h1-5H,6-7H2,(H,27,31)(H3,25,26,28,29,30). The molecule has 0 radical (unpaired) electrons. The summed E-state index contributed by atoms with van der Waals surface area (Å²) in [6.45, 7) is -2.97. The van der Waals surface area contributed by atoms with Crippen molar-refractivity contribution in [2.24, 2.45) is 0 Å². The van der Waals surface area contributed by atoms with Crippen molar-refractivity contribution >= 4 is 34.4 Å². The number of benzene rings is 1. The van der Waals surface area contributed by atoms with Gasteiger partial charge in [0.25, 0.3) is 5.91 Å². The second-order valence-electron chi connectivity index (χ2n) is 6.22. The Hall–Kier alpha value is -3.58. The van der Waals surface area contributed by atoms with Gasteiger partial charge in [-0.05, 0) is 24.3 Å². The molecule has 1 amide bonds. The van der Waals surface area contributed by atoms with Gasteiger partial charge in [0.05, 0.1) is 10.9 Å². The Kier molecular flexibility index (Phi) is 5.90. The number of hydrogen-bond donors (Lipinski definition) is 4. The molecule has 3 aromatic rings. The van der Waals surface area contributed by atoms with Gasteiger partial charge in [0.2, 0.25) is 5.95 Å². The van der Waals surface area contributed by atoms with Gasteiger partial charge in [-0.25, -0.2) is 4.39 Å². The lowest BCUT2D eigenvalue weighted by atomic mass is 10.1. The zero-order valence-corrected chi connectivity index (χ0v) is 15.2. The maximum Gasteiger partial charge on any atom is 0.405 e. The van der Waals surface area contributed by atoms with Crippen LogP contribution in [0.25, 0.3) is 11.0 Å². The zero-order chi connectivity index (χ0) is 22.8. The lowest BCUT2D eigenvalue weighted by Crippen LogP contribution is -2.34. The molecular weight excluding hydrogens is 437 g/mol. The molecule has 0 saturated heterocycles. The summed E-state index contributed by atoms with van der Waals surface area (Å²) in [6, 6.07) is 4.40. The van der Waals surface area contributed by atoms with E-state index in [4.69, 9.17) is 0 Å².